The van der Waals surface area contributed by atoms with Crippen LogP contribution in [0.4, 0.5) is 4.39 Å². The molecule has 0 aliphatic rings. The van der Waals surface area contributed by atoms with Gasteiger partial charge in [-0.05, 0) is 57.6 Å². The van der Waals surface area contributed by atoms with E-state index in [1.807, 2.05) is 12.1 Å². The molecule has 1 rings (SSSR count). The Hall–Kier alpha value is -0.450. The molecule has 1 aromatic rings. The molecule has 0 radical (unpaired) electrons. The SMILES string of the molecule is CCNC(Cc1ccc(Br)cc1F)C(CC)(CC)N(C)C. The second kappa shape index (κ2) is 8.25. The van der Waals surface area contributed by atoms with Gasteiger partial charge < -0.3 is 10.2 Å². The van der Waals surface area contributed by atoms with Crippen LogP contribution in [0.3, 0.4) is 0 Å². The second-order valence-corrected chi connectivity index (χ2v) is 6.67. The van der Waals surface area contributed by atoms with Gasteiger partial charge in [0.2, 0.25) is 0 Å². The maximum absolute atomic E-state index is 14.2. The van der Waals surface area contributed by atoms with Crippen LogP contribution in [0.5, 0.6) is 0 Å². The summed E-state index contributed by atoms with van der Waals surface area (Å²) >= 11 is 3.32. The van der Waals surface area contributed by atoms with Crippen molar-refractivity contribution >= 4 is 15.9 Å². The van der Waals surface area contributed by atoms with E-state index < -0.39 is 0 Å². The molecule has 0 heterocycles. The molecule has 1 unspecified atom stereocenters. The third kappa shape index (κ3) is 4.27. The summed E-state index contributed by atoms with van der Waals surface area (Å²) in [6.07, 6.45) is 2.77. The molecule has 0 bridgehead atoms. The van der Waals surface area contributed by atoms with Crippen LogP contribution in [0.15, 0.2) is 22.7 Å². The van der Waals surface area contributed by atoms with E-state index in [1.165, 1.54) is 0 Å². The van der Waals surface area contributed by atoms with Gasteiger partial charge in [-0.25, -0.2) is 4.39 Å². The van der Waals surface area contributed by atoms with Crippen LogP contribution >= 0.6 is 15.9 Å². The van der Waals surface area contributed by atoms with Crippen molar-refractivity contribution in [2.75, 3.05) is 20.6 Å². The van der Waals surface area contributed by atoms with Crippen molar-refractivity contribution in [3.63, 3.8) is 0 Å². The first-order valence-electron chi connectivity index (χ1n) is 7.76. The van der Waals surface area contributed by atoms with Gasteiger partial charge in [-0.2, -0.15) is 0 Å². The molecule has 0 spiro atoms. The monoisotopic (exact) mass is 358 g/mol. The van der Waals surface area contributed by atoms with Gasteiger partial charge in [0.1, 0.15) is 5.82 Å². The van der Waals surface area contributed by atoms with E-state index in [-0.39, 0.29) is 17.4 Å². The molecule has 0 aliphatic carbocycles. The zero-order valence-corrected chi connectivity index (χ0v) is 15.4. The Balaban J connectivity index is 3.10. The first kappa shape index (κ1) is 18.6. The minimum Gasteiger partial charge on any atom is -0.312 e. The number of hydrogen-bond donors (Lipinski definition) is 1. The molecule has 0 saturated carbocycles. The Morgan fingerprint density at radius 1 is 1.24 bits per heavy atom. The summed E-state index contributed by atoms with van der Waals surface area (Å²) < 4.78 is 15.0. The highest BCUT2D eigenvalue weighted by molar-refractivity contribution is 9.10. The van der Waals surface area contributed by atoms with Gasteiger partial charge in [0.25, 0.3) is 0 Å². The van der Waals surface area contributed by atoms with Crippen LogP contribution in [0.25, 0.3) is 0 Å². The van der Waals surface area contributed by atoms with E-state index in [1.54, 1.807) is 6.07 Å². The summed E-state index contributed by atoms with van der Waals surface area (Å²) in [6, 6.07) is 5.57. The number of nitrogens with zero attached hydrogens (tertiary/aromatic N) is 1. The maximum Gasteiger partial charge on any atom is 0.127 e. The number of hydrogen-bond acceptors (Lipinski definition) is 2. The minimum absolute atomic E-state index is 0.0372. The van der Waals surface area contributed by atoms with Crippen LogP contribution in [0.1, 0.15) is 39.2 Å². The molecule has 0 aromatic heterocycles. The van der Waals surface area contributed by atoms with Crippen LogP contribution in [-0.4, -0.2) is 37.1 Å². The van der Waals surface area contributed by atoms with Crippen molar-refractivity contribution in [3.8, 4) is 0 Å². The molecule has 120 valence electrons. The average molecular weight is 359 g/mol. The smallest absolute Gasteiger partial charge is 0.127 e. The topological polar surface area (TPSA) is 15.3 Å². The normalized spacial score (nSPS) is 13.7. The Morgan fingerprint density at radius 2 is 1.86 bits per heavy atom. The fourth-order valence-corrected chi connectivity index (χ4v) is 3.63. The molecule has 0 amide bonds. The van der Waals surface area contributed by atoms with Crippen LogP contribution < -0.4 is 5.32 Å². The standard InChI is InChI=1S/C17H28BrFN2/c1-6-17(7-2,21(4)5)16(20-8-3)11-13-9-10-14(18)12-15(13)19/h9-10,12,16,20H,6-8,11H2,1-5H3. The molecule has 0 aliphatic heterocycles. The van der Waals surface area contributed by atoms with Crippen LogP contribution in [0, 0.1) is 5.82 Å². The molecule has 2 nitrogen and oxygen atoms in total. The average Bonchev–Trinajstić information content (AvgIpc) is 2.43. The molecule has 1 atom stereocenters. The first-order chi connectivity index (χ1) is 9.91. The Morgan fingerprint density at radius 3 is 2.29 bits per heavy atom. The molecule has 1 aromatic carbocycles. The molecule has 21 heavy (non-hydrogen) atoms. The van der Waals surface area contributed by atoms with Crippen molar-refractivity contribution in [1.29, 1.82) is 0 Å². The van der Waals surface area contributed by atoms with Gasteiger partial charge in [-0.1, -0.05) is 42.8 Å². The predicted molar refractivity (Wildman–Crippen MR) is 92.3 cm³/mol. The van der Waals surface area contributed by atoms with E-state index in [9.17, 15) is 4.39 Å². The zero-order valence-electron chi connectivity index (χ0n) is 13.8. The van der Waals surface area contributed by atoms with E-state index in [0.29, 0.717) is 6.42 Å². The van der Waals surface area contributed by atoms with Gasteiger partial charge in [-0.3, -0.25) is 0 Å². The molecule has 0 saturated heterocycles. The molecular weight excluding hydrogens is 331 g/mol. The van der Waals surface area contributed by atoms with Gasteiger partial charge >= 0.3 is 0 Å². The van der Waals surface area contributed by atoms with Crippen molar-refractivity contribution in [2.45, 2.75) is 51.6 Å². The third-order valence-corrected chi connectivity index (χ3v) is 5.15. The van der Waals surface area contributed by atoms with Crippen molar-refractivity contribution in [3.05, 3.63) is 34.1 Å². The van der Waals surface area contributed by atoms with E-state index in [2.05, 4.69) is 61.0 Å². The lowest BCUT2D eigenvalue weighted by atomic mass is 9.80. The van der Waals surface area contributed by atoms with Crippen molar-refractivity contribution < 1.29 is 4.39 Å². The molecule has 0 fully saturated rings. The van der Waals surface area contributed by atoms with Crippen molar-refractivity contribution in [1.82, 2.24) is 10.2 Å². The highest BCUT2D eigenvalue weighted by atomic mass is 79.9. The fourth-order valence-electron chi connectivity index (χ4n) is 3.29. The quantitative estimate of drug-likeness (QED) is 0.747. The number of rotatable bonds is 8. The lowest BCUT2D eigenvalue weighted by Crippen LogP contribution is -2.59. The van der Waals surface area contributed by atoms with E-state index >= 15 is 0 Å². The van der Waals surface area contributed by atoms with Gasteiger partial charge in [0, 0.05) is 16.1 Å². The molecule has 1 N–H and O–H groups in total. The Labute approximate surface area is 137 Å². The summed E-state index contributed by atoms with van der Waals surface area (Å²) in [5.74, 6) is -0.132. The number of likely N-dealkylation sites (N-methyl/N-ethyl adjacent to an activating group) is 2. The largest absolute Gasteiger partial charge is 0.312 e. The second-order valence-electron chi connectivity index (χ2n) is 5.76. The van der Waals surface area contributed by atoms with Gasteiger partial charge in [0.15, 0.2) is 0 Å². The number of halogens is 2. The lowest BCUT2D eigenvalue weighted by Gasteiger charge is -2.45. The predicted octanol–water partition coefficient (Wildman–Crippen LogP) is 4.23. The lowest BCUT2D eigenvalue weighted by molar-refractivity contribution is 0.0885. The summed E-state index contributed by atoms with van der Waals surface area (Å²) in [4.78, 5) is 2.29. The summed E-state index contributed by atoms with van der Waals surface area (Å²) in [5.41, 5.74) is 0.812. The molecule has 4 heteroatoms. The van der Waals surface area contributed by atoms with E-state index in [4.69, 9.17) is 0 Å². The Bertz CT molecular complexity index is 444. The van der Waals surface area contributed by atoms with Crippen molar-refractivity contribution in [2.24, 2.45) is 0 Å². The minimum atomic E-state index is -0.132. The zero-order chi connectivity index (χ0) is 16.0. The van der Waals surface area contributed by atoms with Crippen LogP contribution in [0.2, 0.25) is 0 Å². The number of nitrogens with one attached hydrogen (secondary N) is 1. The van der Waals surface area contributed by atoms with Gasteiger partial charge in [-0.15, -0.1) is 0 Å². The summed E-state index contributed by atoms with van der Waals surface area (Å²) in [6.45, 7) is 7.42. The highest BCUT2D eigenvalue weighted by Gasteiger charge is 2.37. The summed E-state index contributed by atoms with van der Waals surface area (Å²) in [5, 5.41) is 3.58. The van der Waals surface area contributed by atoms with E-state index in [0.717, 1.165) is 29.4 Å². The fraction of sp³-hybridized carbons (Fsp3) is 0.647. The number of benzene rings is 1. The third-order valence-electron chi connectivity index (χ3n) is 4.65. The molecular formula is C17H28BrFN2. The Kier molecular flexibility index (Phi) is 7.31. The highest BCUT2D eigenvalue weighted by Crippen LogP contribution is 2.29. The summed E-state index contributed by atoms with van der Waals surface area (Å²) in [7, 11) is 4.24. The maximum atomic E-state index is 14.2. The first-order valence-corrected chi connectivity index (χ1v) is 8.55. The van der Waals surface area contributed by atoms with Gasteiger partial charge in [0.05, 0.1) is 0 Å². The van der Waals surface area contributed by atoms with Crippen LogP contribution in [-0.2, 0) is 6.42 Å².